The van der Waals surface area contributed by atoms with Crippen LogP contribution in [0.4, 0.5) is 10.2 Å². The number of carbonyl (C=O) groups is 1. The molecule has 9 heteroatoms. The molecule has 1 aliphatic heterocycles. The van der Waals surface area contributed by atoms with Crippen molar-refractivity contribution >= 4 is 21.6 Å². The van der Waals surface area contributed by atoms with E-state index in [0.29, 0.717) is 26.1 Å². The molecular formula is C20H23FN2O5S. The van der Waals surface area contributed by atoms with Crippen LogP contribution in [0.2, 0.25) is 0 Å². The number of ether oxygens (including phenoxy) is 2. The Hall–Kier alpha value is -2.52. The molecule has 1 N–H and O–H groups in total. The second-order valence-corrected chi connectivity index (χ2v) is 8.95. The number of anilines is 1. The molecule has 1 aromatic heterocycles. The fourth-order valence-electron chi connectivity index (χ4n) is 3.17. The third kappa shape index (κ3) is 5.10. The van der Waals surface area contributed by atoms with Crippen LogP contribution in [0.15, 0.2) is 35.2 Å². The predicted octanol–water partition coefficient (Wildman–Crippen LogP) is 2.99. The van der Waals surface area contributed by atoms with Crippen LogP contribution in [0.25, 0.3) is 0 Å². The zero-order chi connectivity index (χ0) is 21.0. The van der Waals surface area contributed by atoms with Gasteiger partial charge in [-0.15, -0.1) is 0 Å². The summed E-state index contributed by atoms with van der Waals surface area (Å²) in [7, 11) is -2.19. The molecule has 1 amide bonds. The molecule has 0 bridgehead atoms. The molecule has 156 valence electrons. The molecule has 2 aromatic rings. The van der Waals surface area contributed by atoms with Gasteiger partial charge in [0.05, 0.1) is 29.0 Å². The average molecular weight is 422 g/mol. The summed E-state index contributed by atoms with van der Waals surface area (Å²) in [4.78, 5) is 16.7. The van der Waals surface area contributed by atoms with E-state index in [0.717, 1.165) is 0 Å². The quantitative estimate of drug-likeness (QED) is 0.769. The van der Waals surface area contributed by atoms with Crippen LogP contribution in [-0.4, -0.2) is 45.4 Å². The Morgan fingerprint density at radius 1 is 1.28 bits per heavy atom. The first kappa shape index (κ1) is 21.2. The highest BCUT2D eigenvalue weighted by molar-refractivity contribution is 7.91. The van der Waals surface area contributed by atoms with Crippen molar-refractivity contribution in [2.45, 2.75) is 24.7 Å². The molecule has 1 fully saturated rings. The maximum atomic E-state index is 13.4. The minimum atomic E-state index is -3.58. The Balaban J connectivity index is 1.85. The lowest BCUT2D eigenvalue weighted by atomic mass is 10.0. The first-order valence-corrected chi connectivity index (χ1v) is 10.9. The number of nitrogens with zero attached hydrogens (tertiary/aromatic N) is 1. The number of rotatable bonds is 6. The van der Waals surface area contributed by atoms with Crippen molar-refractivity contribution in [3.8, 4) is 5.75 Å². The Morgan fingerprint density at radius 3 is 2.66 bits per heavy atom. The summed E-state index contributed by atoms with van der Waals surface area (Å²) >= 11 is 0. The van der Waals surface area contributed by atoms with Gasteiger partial charge in [-0.05, 0) is 56.0 Å². The van der Waals surface area contributed by atoms with E-state index in [1.54, 1.807) is 0 Å². The highest BCUT2D eigenvalue weighted by Gasteiger charge is 2.25. The molecule has 7 nitrogen and oxygen atoms in total. The van der Waals surface area contributed by atoms with E-state index in [1.165, 1.54) is 44.4 Å². The van der Waals surface area contributed by atoms with Crippen LogP contribution in [0.3, 0.4) is 0 Å². The van der Waals surface area contributed by atoms with Crippen LogP contribution >= 0.6 is 0 Å². The third-order valence-corrected chi connectivity index (χ3v) is 6.72. The normalized spacial score (nSPS) is 15.1. The monoisotopic (exact) mass is 422 g/mol. The fourth-order valence-corrected chi connectivity index (χ4v) is 4.89. The van der Waals surface area contributed by atoms with Gasteiger partial charge in [0.15, 0.2) is 9.84 Å². The SMILES string of the molecule is COc1ccc(S(=O)(=O)CC2CCOCC2)cc1C(=O)Nc1ccc(F)c(C)n1. The number of methoxy groups -OCH3 is 1. The number of benzene rings is 1. The van der Waals surface area contributed by atoms with E-state index in [9.17, 15) is 17.6 Å². The third-order valence-electron chi connectivity index (χ3n) is 4.83. The van der Waals surface area contributed by atoms with Gasteiger partial charge < -0.3 is 14.8 Å². The van der Waals surface area contributed by atoms with E-state index in [2.05, 4.69) is 10.3 Å². The molecule has 0 radical (unpaired) electrons. The number of amides is 1. The highest BCUT2D eigenvalue weighted by Crippen LogP contribution is 2.27. The molecule has 1 saturated heterocycles. The second-order valence-electron chi connectivity index (χ2n) is 6.92. The number of hydrogen-bond donors (Lipinski definition) is 1. The number of hydrogen-bond acceptors (Lipinski definition) is 6. The minimum absolute atomic E-state index is 0.00244. The number of aromatic nitrogens is 1. The van der Waals surface area contributed by atoms with Crippen LogP contribution in [0.1, 0.15) is 28.9 Å². The van der Waals surface area contributed by atoms with Gasteiger partial charge in [-0.3, -0.25) is 4.79 Å². The Bertz CT molecular complexity index is 1000. The van der Waals surface area contributed by atoms with E-state index in [-0.39, 0.29) is 39.4 Å². The summed E-state index contributed by atoms with van der Waals surface area (Å²) in [6.07, 6.45) is 1.39. The molecule has 2 heterocycles. The molecule has 3 rings (SSSR count). The van der Waals surface area contributed by atoms with E-state index < -0.39 is 21.6 Å². The van der Waals surface area contributed by atoms with Crippen molar-refractivity contribution < 1.29 is 27.1 Å². The Morgan fingerprint density at radius 2 is 2.00 bits per heavy atom. The van der Waals surface area contributed by atoms with Crippen molar-refractivity contribution in [3.63, 3.8) is 0 Å². The van der Waals surface area contributed by atoms with E-state index >= 15 is 0 Å². The summed E-state index contributed by atoms with van der Waals surface area (Å²) < 4.78 is 49.6. The predicted molar refractivity (Wildman–Crippen MR) is 105 cm³/mol. The van der Waals surface area contributed by atoms with E-state index in [4.69, 9.17) is 9.47 Å². The van der Waals surface area contributed by atoms with Crippen molar-refractivity contribution in [1.82, 2.24) is 4.98 Å². The average Bonchev–Trinajstić information content (AvgIpc) is 2.70. The molecular weight excluding hydrogens is 399 g/mol. The zero-order valence-electron chi connectivity index (χ0n) is 16.3. The summed E-state index contributed by atoms with van der Waals surface area (Å²) in [5, 5.41) is 2.55. The first-order valence-electron chi connectivity index (χ1n) is 9.23. The smallest absolute Gasteiger partial charge is 0.260 e. The van der Waals surface area contributed by atoms with E-state index in [1.807, 2.05) is 0 Å². The molecule has 0 spiro atoms. The Kier molecular flexibility index (Phi) is 6.49. The van der Waals surface area contributed by atoms with Gasteiger partial charge in [-0.2, -0.15) is 0 Å². The van der Waals surface area contributed by atoms with Crippen molar-refractivity contribution in [2.24, 2.45) is 5.92 Å². The molecule has 1 aliphatic rings. The van der Waals surface area contributed by atoms with Gasteiger partial charge in [-0.1, -0.05) is 0 Å². The van der Waals surface area contributed by atoms with Crippen molar-refractivity contribution in [2.75, 3.05) is 31.4 Å². The maximum Gasteiger partial charge on any atom is 0.260 e. The van der Waals surface area contributed by atoms with Crippen LogP contribution in [0.5, 0.6) is 5.75 Å². The maximum absolute atomic E-state index is 13.4. The van der Waals surface area contributed by atoms with Gasteiger partial charge in [0.25, 0.3) is 5.91 Å². The number of sulfone groups is 1. The summed E-state index contributed by atoms with van der Waals surface area (Å²) in [6, 6.07) is 6.72. The molecule has 0 unspecified atom stereocenters. The zero-order valence-corrected chi connectivity index (χ0v) is 17.1. The first-order chi connectivity index (χ1) is 13.8. The van der Waals surface area contributed by atoms with Gasteiger partial charge >= 0.3 is 0 Å². The van der Waals surface area contributed by atoms with Crippen LogP contribution in [-0.2, 0) is 14.6 Å². The fraction of sp³-hybridized carbons (Fsp3) is 0.400. The summed E-state index contributed by atoms with van der Waals surface area (Å²) in [6.45, 7) is 2.59. The summed E-state index contributed by atoms with van der Waals surface area (Å²) in [5.41, 5.74) is 0.201. The lowest BCUT2D eigenvalue weighted by molar-refractivity contribution is 0.0723. The standard InChI is InChI=1S/C20H23FN2O5S/c1-13-17(21)4-6-19(22-13)23-20(24)16-11-15(3-5-18(16)27-2)29(25,26)12-14-7-9-28-10-8-14/h3-6,11,14H,7-10,12H2,1-2H3,(H,22,23,24). The lowest BCUT2D eigenvalue weighted by Gasteiger charge is -2.22. The molecule has 0 aliphatic carbocycles. The largest absolute Gasteiger partial charge is 0.496 e. The minimum Gasteiger partial charge on any atom is -0.496 e. The second kappa shape index (κ2) is 8.87. The molecule has 29 heavy (non-hydrogen) atoms. The number of nitrogens with one attached hydrogen (secondary N) is 1. The molecule has 0 saturated carbocycles. The highest BCUT2D eigenvalue weighted by atomic mass is 32.2. The topological polar surface area (TPSA) is 94.6 Å². The Labute approximate surface area is 169 Å². The van der Waals surface area contributed by atoms with Crippen LogP contribution in [0, 0.1) is 18.7 Å². The van der Waals surface area contributed by atoms with Gasteiger partial charge in [0.1, 0.15) is 17.4 Å². The van der Waals surface area contributed by atoms with Gasteiger partial charge in [0, 0.05) is 13.2 Å². The number of pyridine rings is 1. The number of carbonyl (C=O) groups excluding carboxylic acids is 1. The number of aryl methyl sites for hydroxylation is 1. The molecule has 0 atom stereocenters. The van der Waals surface area contributed by atoms with Gasteiger partial charge in [-0.25, -0.2) is 17.8 Å². The van der Waals surface area contributed by atoms with Crippen molar-refractivity contribution in [3.05, 3.63) is 47.4 Å². The summed E-state index contributed by atoms with van der Waals surface area (Å²) in [5.74, 6) is -0.662. The lowest BCUT2D eigenvalue weighted by Crippen LogP contribution is -2.24. The number of halogens is 1. The van der Waals surface area contributed by atoms with Gasteiger partial charge in [0.2, 0.25) is 0 Å². The van der Waals surface area contributed by atoms with Crippen LogP contribution < -0.4 is 10.1 Å². The van der Waals surface area contributed by atoms with Crippen molar-refractivity contribution in [1.29, 1.82) is 0 Å². The molecule has 1 aromatic carbocycles.